The third kappa shape index (κ3) is 9.38. The second kappa shape index (κ2) is 8.96. The maximum atomic E-state index is 10.6. The van der Waals surface area contributed by atoms with E-state index in [-0.39, 0.29) is 0 Å². The molecule has 120 valence electrons. The lowest BCUT2D eigenvalue weighted by Gasteiger charge is -2.13. The predicted octanol–water partition coefficient (Wildman–Crippen LogP) is 2.51. The Labute approximate surface area is 128 Å². The first-order chi connectivity index (χ1) is 9.54. The molecule has 5 nitrogen and oxygen atoms in total. The average molecular weight is 373 g/mol. The van der Waals surface area contributed by atoms with Crippen LogP contribution in [0.15, 0.2) is 22.8 Å². The van der Waals surface area contributed by atoms with E-state index in [1.54, 1.807) is 6.20 Å². The zero-order valence-corrected chi connectivity index (χ0v) is 12.9. The Morgan fingerprint density at radius 1 is 1.43 bits per heavy atom. The smallest absolute Gasteiger partial charge is 0.475 e. The van der Waals surface area contributed by atoms with Gasteiger partial charge in [0.05, 0.1) is 5.69 Å². The standard InChI is InChI=1S/C10H15BrN2O.C2HF3O2/c1-7(2)12-6-10(14)9-4-3-8(11)5-13-9;3-2(4,5)1(6)7/h3-5,7,10,12,14H,6H2,1-2H3;(H,6,7). The molecule has 1 rings (SSSR count). The van der Waals surface area contributed by atoms with Crippen molar-refractivity contribution in [3.63, 3.8) is 0 Å². The molecule has 9 heteroatoms. The van der Waals surface area contributed by atoms with Crippen molar-refractivity contribution in [1.29, 1.82) is 0 Å². The Morgan fingerprint density at radius 2 is 1.95 bits per heavy atom. The van der Waals surface area contributed by atoms with Gasteiger partial charge < -0.3 is 15.5 Å². The number of hydrogen-bond acceptors (Lipinski definition) is 4. The van der Waals surface area contributed by atoms with Gasteiger partial charge in [-0.1, -0.05) is 13.8 Å². The van der Waals surface area contributed by atoms with Crippen molar-refractivity contribution < 1.29 is 28.2 Å². The van der Waals surface area contributed by atoms with E-state index in [1.807, 2.05) is 26.0 Å². The van der Waals surface area contributed by atoms with Gasteiger partial charge in [-0.15, -0.1) is 0 Å². The largest absolute Gasteiger partial charge is 0.490 e. The summed E-state index contributed by atoms with van der Waals surface area (Å²) in [4.78, 5) is 13.0. The Hall–Kier alpha value is -1.19. The van der Waals surface area contributed by atoms with Crippen molar-refractivity contribution in [2.45, 2.75) is 32.2 Å². The van der Waals surface area contributed by atoms with E-state index < -0.39 is 18.2 Å². The molecule has 0 aliphatic carbocycles. The normalized spacial score (nSPS) is 12.6. The van der Waals surface area contributed by atoms with Crippen molar-refractivity contribution in [2.24, 2.45) is 0 Å². The summed E-state index contributed by atoms with van der Waals surface area (Å²) in [6.45, 7) is 4.62. The molecule has 0 saturated carbocycles. The van der Waals surface area contributed by atoms with E-state index in [9.17, 15) is 18.3 Å². The minimum atomic E-state index is -5.08. The Morgan fingerprint density at radius 3 is 2.29 bits per heavy atom. The molecule has 0 bridgehead atoms. The molecule has 21 heavy (non-hydrogen) atoms. The van der Waals surface area contributed by atoms with E-state index in [0.29, 0.717) is 18.3 Å². The summed E-state index contributed by atoms with van der Waals surface area (Å²) in [5, 5.41) is 20.0. The van der Waals surface area contributed by atoms with E-state index in [0.717, 1.165) is 4.47 Å². The summed E-state index contributed by atoms with van der Waals surface area (Å²) in [5.41, 5.74) is 0.696. The quantitative estimate of drug-likeness (QED) is 0.756. The molecule has 1 aromatic heterocycles. The second-order valence-electron chi connectivity index (χ2n) is 4.28. The monoisotopic (exact) mass is 372 g/mol. The lowest BCUT2D eigenvalue weighted by molar-refractivity contribution is -0.192. The molecule has 0 spiro atoms. The van der Waals surface area contributed by atoms with Crippen LogP contribution in [0.1, 0.15) is 25.6 Å². The van der Waals surface area contributed by atoms with Crippen LogP contribution in [0.4, 0.5) is 13.2 Å². The van der Waals surface area contributed by atoms with Crippen molar-refractivity contribution in [3.05, 3.63) is 28.5 Å². The van der Waals surface area contributed by atoms with Crippen LogP contribution in [0.25, 0.3) is 0 Å². The molecule has 0 amide bonds. The maximum absolute atomic E-state index is 10.6. The molecule has 3 N–H and O–H groups in total. The number of aromatic nitrogens is 1. The van der Waals surface area contributed by atoms with Gasteiger partial charge in [0.25, 0.3) is 0 Å². The summed E-state index contributed by atoms with van der Waals surface area (Å²) in [6.07, 6.45) is -3.93. The van der Waals surface area contributed by atoms with Gasteiger partial charge in [0.15, 0.2) is 0 Å². The van der Waals surface area contributed by atoms with E-state index in [2.05, 4.69) is 26.2 Å². The fraction of sp³-hybridized carbons (Fsp3) is 0.500. The fourth-order valence-corrected chi connectivity index (χ4v) is 1.27. The number of rotatable bonds is 4. The Bertz CT molecular complexity index is 438. The predicted molar refractivity (Wildman–Crippen MR) is 73.7 cm³/mol. The van der Waals surface area contributed by atoms with Gasteiger partial charge >= 0.3 is 12.1 Å². The minimum absolute atomic E-state index is 0.375. The van der Waals surface area contributed by atoms with Crippen LogP contribution in [0.3, 0.4) is 0 Å². The number of carboxylic acid groups (broad SMARTS) is 1. The van der Waals surface area contributed by atoms with Crippen LogP contribution < -0.4 is 5.32 Å². The Kier molecular flexibility index (Phi) is 8.45. The van der Waals surface area contributed by atoms with Gasteiger partial charge in [-0.25, -0.2) is 4.79 Å². The highest BCUT2D eigenvalue weighted by Gasteiger charge is 2.38. The zero-order chi connectivity index (χ0) is 16.6. The number of alkyl halides is 3. The zero-order valence-electron chi connectivity index (χ0n) is 11.4. The van der Waals surface area contributed by atoms with Gasteiger partial charge in [-0.3, -0.25) is 4.98 Å². The third-order valence-electron chi connectivity index (χ3n) is 2.05. The van der Waals surface area contributed by atoms with Crippen LogP contribution in [-0.2, 0) is 4.79 Å². The molecule has 0 fully saturated rings. The Balaban J connectivity index is 0.000000486. The molecule has 0 radical (unpaired) electrons. The van der Waals surface area contributed by atoms with Gasteiger partial charge in [-0.05, 0) is 28.1 Å². The first kappa shape index (κ1) is 19.8. The SMILES string of the molecule is CC(C)NCC(O)c1ccc(Br)cn1.O=C(O)C(F)(F)F. The van der Waals surface area contributed by atoms with E-state index in [4.69, 9.17) is 9.90 Å². The van der Waals surface area contributed by atoms with Crippen molar-refractivity contribution in [1.82, 2.24) is 10.3 Å². The number of carbonyl (C=O) groups is 1. The van der Waals surface area contributed by atoms with Gasteiger partial charge in [-0.2, -0.15) is 13.2 Å². The first-order valence-corrected chi connectivity index (χ1v) is 6.66. The van der Waals surface area contributed by atoms with Gasteiger partial charge in [0.1, 0.15) is 6.10 Å². The number of nitrogens with one attached hydrogen (secondary N) is 1. The second-order valence-corrected chi connectivity index (χ2v) is 5.20. The molecule has 1 heterocycles. The van der Waals surface area contributed by atoms with Crippen molar-refractivity contribution in [2.75, 3.05) is 6.54 Å². The number of halogens is 4. The summed E-state index contributed by atoms with van der Waals surface area (Å²) >= 11 is 3.30. The summed E-state index contributed by atoms with van der Waals surface area (Å²) in [7, 11) is 0. The van der Waals surface area contributed by atoms with Crippen LogP contribution in [0, 0.1) is 0 Å². The topological polar surface area (TPSA) is 82.5 Å². The number of aliphatic hydroxyl groups excluding tert-OH is 1. The summed E-state index contributed by atoms with van der Waals surface area (Å²) in [6, 6.07) is 4.07. The molecular weight excluding hydrogens is 357 g/mol. The average Bonchev–Trinajstić information content (AvgIpc) is 2.36. The number of aliphatic carboxylic acids is 1. The number of nitrogens with zero attached hydrogens (tertiary/aromatic N) is 1. The minimum Gasteiger partial charge on any atom is -0.475 e. The molecular formula is C12H16BrF3N2O3. The summed E-state index contributed by atoms with van der Waals surface area (Å²) in [5.74, 6) is -2.76. The molecule has 1 aromatic rings. The highest BCUT2D eigenvalue weighted by Crippen LogP contribution is 2.13. The van der Waals surface area contributed by atoms with E-state index >= 15 is 0 Å². The van der Waals surface area contributed by atoms with Gasteiger partial charge in [0.2, 0.25) is 0 Å². The molecule has 0 aliphatic rings. The van der Waals surface area contributed by atoms with Crippen molar-refractivity contribution in [3.8, 4) is 0 Å². The maximum Gasteiger partial charge on any atom is 0.490 e. The highest BCUT2D eigenvalue weighted by atomic mass is 79.9. The molecule has 0 aromatic carbocycles. The third-order valence-corrected chi connectivity index (χ3v) is 2.52. The highest BCUT2D eigenvalue weighted by molar-refractivity contribution is 9.10. The first-order valence-electron chi connectivity index (χ1n) is 5.87. The van der Waals surface area contributed by atoms with Crippen molar-refractivity contribution >= 4 is 21.9 Å². The number of carboxylic acids is 1. The van der Waals surface area contributed by atoms with Gasteiger partial charge in [0, 0.05) is 23.3 Å². The van der Waals surface area contributed by atoms with Crippen LogP contribution >= 0.6 is 15.9 Å². The molecule has 0 aliphatic heterocycles. The van der Waals surface area contributed by atoms with Crippen LogP contribution in [-0.4, -0.2) is 39.9 Å². The van der Waals surface area contributed by atoms with E-state index in [1.165, 1.54) is 0 Å². The lowest BCUT2D eigenvalue weighted by atomic mass is 10.2. The lowest BCUT2D eigenvalue weighted by Crippen LogP contribution is -2.28. The number of pyridine rings is 1. The summed E-state index contributed by atoms with van der Waals surface area (Å²) < 4.78 is 32.7. The number of hydrogen-bond donors (Lipinski definition) is 3. The molecule has 1 unspecified atom stereocenters. The fourth-order valence-electron chi connectivity index (χ4n) is 1.04. The number of aliphatic hydroxyl groups is 1. The molecule has 0 saturated heterocycles. The van der Waals surface area contributed by atoms with Crippen LogP contribution in [0.2, 0.25) is 0 Å². The molecule has 1 atom stereocenters. The van der Waals surface area contributed by atoms with Crippen LogP contribution in [0.5, 0.6) is 0 Å².